The van der Waals surface area contributed by atoms with Crippen molar-refractivity contribution in [3.63, 3.8) is 0 Å². The van der Waals surface area contributed by atoms with Crippen molar-refractivity contribution in [3.05, 3.63) is 0 Å². The molecule has 0 aliphatic heterocycles. The van der Waals surface area contributed by atoms with Crippen molar-refractivity contribution < 1.29 is 29.0 Å². The van der Waals surface area contributed by atoms with Gasteiger partial charge in [0.25, 0.3) is 0 Å². The van der Waals surface area contributed by atoms with Crippen molar-refractivity contribution in [1.82, 2.24) is 10.6 Å². The number of aliphatic carboxylic acids is 1. The number of rotatable bonds is 9. The molecule has 2 unspecified atom stereocenters. The molecule has 2 amide bonds. The van der Waals surface area contributed by atoms with Gasteiger partial charge >= 0.3 is 18.2 Å². The van der Waals surface area contributed by atoms with E-state index in [0.717, 1.165) is 0 Å². The lowest BCUT2D eigenvalue weighted by Crippen LogP contribution is -2.44. The van der Waals surface area contributed by atoms with Crippen LogP contribution in [0.5, 0.6) is 0 Å². The summed E-state index contributed by atoms with van der Waals surface area (Å²) in [6, 6.07) is -1.06. The maximum atomic E-state index is 11.8. The van der Waals surface area contributed by atoms with E-state index in [4.69, 9.17) is 9.47 Å². The number of ether oxygens (including phenoxy) is 2. The van der Waals surface area contributed by atoms with Crippen LogP contribution in [0.25, 0.3) is 0 Å². The highest BCUT2D eigenvalue weighted by molar-refractivity contribution is 8.76. The summed E-state index contributed by atoms with van der Waals surface area (Å²) in [6.07, 6.45) is 1.31. The maximum absolute atomic E-state index is 11.8. The lowest BCUT2D eigenvalue weighted by atomic mass is 10.1. The van der Waals surface area contributed by atoms with Gasteiger partial charge in [-0.2, -0.15) is 0 Å². The second kappa shape index (κ2) is 11.5. The monoisotopic (exact) mass is 424 g/mol. The first-order valence-corrected chi connectivity index (χ1v) is 11.2. The Bertz CT molecular complexity index is 503. The molecule has 0 bridgehead atoms. The smallest absolute Gasteiger partial charge is 0.408 e. The Balaban J connectivity index is 4.62. The van der Waals surface area contributed by atoms with Crippen molar-refractivity contribution in [3.8, 4) is 0 Å². The molecule has 8 nitrogen and oxygen atoms in total. The van der Waals surface area contributed by atoms with Crippen LogP contribution in [0, 0.1) is 0 Å². The highest BCUT2D eigenvalue weighted by Gasteiger charge is 2.25. The van der Waals surface area contributed by atoms with Gasteiger partial charge in [-0.25, -0.2) is 14.4 Å². The van der Waals surface area contributed by atoms with Crippen molar-refractivity contribution in [1.29, 1.82) is 0 Å². The van der Waals surface area contributed by atoms with Gasteiger partial charge in [-0.1, -0.05) is 21.6 Å². The molecule has 0 saturated carbocycles. The molecule has 0 aliphatic rings. The molecular formula is C17H32N2O6S2. The average molecular weight is 425 g/mol. The molecule has 3 N–H and O–H groups in total. The normalized spacial score (nSPS) is 14.0. The van der Waals surface area contributed by atoms with Gasteiger partial charge in [0.1, 0.15) is 17.2 Å². The van der Waals surface area contributed by atoms with Gasteiger partial charge in [-0.3, -0.25) is 0 Å². The minimum Gasteiger partial charge on any atom is -0.480 e. The Morgan fingerprint density at radius 1 is 0.963 bits per heavy atom. The number of carboxylic acid groups (broad SMARTS) is 1. The first kappa shape index (κ1) is 25.7. The highest BCUT2D eigenvalue weighted by Crippen LogP contribution is 2.27. The van der Waals surface area contributed by atoms with E-state index >= 15 is 0 Å². The Morgan fingerprint density at radius 3 is 1.93 bits per heavy atom. The van der Waals surface area contributed by atoms with Crippen molar-refractivity contribution in [2.75, 3.05) is 12.8 Å². The molecule has 0 aromatic rings. The Hall–Kier alpha value is -1.29. The molecule has 0 radical (unpaired) electrons. The fourth-order valence-corrected chi connectivity index (χ4v) is 3.86. The van der Waals surface area contributed by atoms with E-state index in [1.807, 2.05) is 6.26 Å². The molecule has 0 aliphatic carbocycles. The van der Waals surface area contributed by atoms with Crippen molar-refractivity contribution >= 4 is 39.7 Å². The summed E-state index contributed by atoms with van der Waals surface area (Å²) in [6.45, 7) is 10.8. The van der Waals surface area contributed by atoms with Crippen LogP contribution >= 0.6 is 21.6 Å². The summed E-state index contributed by atoms with van der Waals surface area (Å²) in [4.78, 5) is 35.0. The maximum Gasteiger partial charge on any atom is 0.408 e. The third-order valence-corrected chi connectivity index (χ3v) is 5.13. The molecule has 0 spiro atoms. The Morgan fingerprint density at radius 2 is 1.48 bits per heavy atom. The van der Waals surface area contributed by atoms with Crippen molar-refractivity contribution in [2.24, 2.45) is 0 Å². The van der Waals surface area contributed by atoms with Gasteiger partial charge in [0.15, 0.2) is 0 Å². The van der Waals surface area contributed by atoms with Gasteiger partial charge in [-0.15, -0.1) is 0 Å². The minimum absolute atomic E-state index is 0.0326. The van der Waals surface area contributed by atoms with E-state index in [9.17, 15) is 19.5 Å². The van der Waals surface area contributed by atoms with Crippen molar-refractivity contribution in [2.45, 2.75) is 76.9 Å². The molecule has 0 fully saturated rings. The number of nitrogens with one attached hydrogen (secondary N) is 2. The standard InChI is InChI=1S/C17H32N2O6S2/c1-16(2,3)24-14(22)18-10-11(27-26-7)8-9-12(13(20)21)19-15(23)25-17(4,5)6/h11-12H,8-10H2,1-7H3,(H,18,22)(H,19,23)(H,20,21). The molecule has 0 rings (SSSR count). The number of carboxylic acids is 1. The summed E-state index contributed by atoms with van der Waals surface area (Å²) in [5.74, 6) is -1.13. The summed E-state index contributed by atoms with van der Waals surface area (Å²) >= 11 is 0. The Kier molecular flexibility index (Phi) is 11.0. The third kappa shape index (κ3) is 14.4. The molecule has 0 saturated heterocycles. The van der Waals surface area contributed by atoms with Gasteiger partial charge in [-0.05, 0) is 60.6 Å². The molecule has 27 heavy (non-hydrogen) atoms. The first-order valence-electron chi connectivity index (χ1n) is 8.62. The van der Waals surface area contributed by atoms with Crippen LogP contribution in [0.2, 0.25) is 0 Å². The molecule has 0 heterocycles. The lowest BCUT2D eigenvalue weighted by molar-refractivity contribution is -0.139. The largest absolute Gasteiger partial charge is 0.480 e. The number of hydrogen-bond acceptors (Lipinski definition) is 7. The zero-order valence-corrected chi connectivity index (χ0v) is 18.7. The van der Waals surface area contributed by atoms with Crippen LogP contribution in [-0.4, -0.2) is 58.6 Å². The predicted molar refractivity (Wildman–Crippen MR) is 109 cm³/mol. The van der Waals surface area contributed by atoms with Crippen LogP contribution in [-0.2, 0) is 14.3 Å². The molecule has 0 aromatic heterocycles. The zero-order chi connectivity index (χ0) is 21.3. The minimum atomic E-state index is -1.13. The SMILES string of the molecule is CSSC(CCC(NC(=O)OC(C)(C)C)C(=O)O)CNC(=O)OC(C)(C)C. The molecule has 158 valence electrons. The fourth-order valence-electron chi connectivity index (χ4n) is 1.89. The second-order valence-electron chi connectivity index (χ2n) is 7.88. The number of carbonyl (C=O) groups excluding carboxylic acids is 2. The summed E-state index contributed by atoms with van der Waals surface area (Å²) in [5, 5.41) is 14.4. The summed E-state index contributed by atoms with van der Waals surface area (Å²) < 4.78 is 10.3. The average Bonchev–Trinajstić information content (AvgIpc) is 2.44. The molecule has 0 aromatic carbocycles. The van der Waals surface area contributed by atoms with E-state index in [-0.39, 0.29) is 11.7 Å². The number of alkyl carbamates (subject to hydrolysis) is 2. The summed E-state index contributed by atoms with van der Waals surface area (Å²) in [5.41, 5.74) is -1.29. The zero-order valence-electron chi connectivity index (χ0n) is 17.1. The van der Waals surface area contributed by atoms with Crippen LogP contribution in [0.3, 0.4) is 0 Å². The quantitative estimate of drug-likeness (QED) is 0.481. The first-order chi connectivity index (χ1) is 12.2. The van der Waals surface area contributed by atoms with Crippen LogP contribution in [0.15, 0.2) is 0 Å². The fraction of sp³-hybridized carbons (Fsp3) is 0.824. The number of carbonyl (C=O) groups is 3. The Labute approximate surface area is 169 Å². The van der Waals surface area contributed by atoms with E-state index in [1.54, 1.807) is 41.5 Å². The van der Waals surface area contributed by atoms with E-state index < -0.39 is 35.4 Å². The van der Waals surface area contributed by atoms with Crippen LogP contribution in [0.1, 0.15) is 54.4 Å². The lowest BCUT2D eigenvalue weighted by Gasteiger charge is -2.23. The van der Waals surface area contributed by atoms with E-state index in [2.05, 4.69) is 10.6 Å². The van der Waals surface area contributed by atoms with Crippen LogP contribution < -0.4 is 10.6 Å². The van der Waals surface area contributed by atoms with Gasteiger partial charge in [0, 0.05) is 11.8 Å². The second-order valence-corrected chi connectivity index (χ2v) is 10.7. The highest BCUT2D eigenvalue weighted by atomic mass is 33.1. The van der Waals surface area contributed by atoms with E-state index in [1.165, 1.54) is 21.6 Å². The summed E-state index contributed by atoms with van der Waals surface area (Å²) in [7, 11) is 3.05. The van der Waals surface area contributed by atoms with Gasteiger partial charge in [0.05, 0.1) is 0 Å². The van der Waals surface area contributed by atoms with E-state index in [0.29, 0.717) is 13.0 Å². The third-order valence-electron chi connectivity index (χ3n) is 2.87. The predicted octanol–water partition coefficient (Wildman–Crippen LogP) is 3.65. The molecule has 10 heteroatoms. The van der Waals surface area contributed by atoms with Gasteiger partial charge < -0.3 is 25.2 Å². The number of hydrogen-bond donors (Lipinski definition) is 3. The topological polar surface area (TPSA) is 114 Å². The molecule has 2 atom stereocenters. The molecular weight excluding hydrogens is 392 g/mol. The van der Waals surface area contributed by atoms with Gasteiger partial charge in [0.2, 0.25) is 0 Å². The van der Waals surface area contributed by atoms with Crippen LogP contribution in [0.4, 0.5) is 9.59 Å². The number of amides is 2.